The topological polar surface area (TPSA) is 81.5 Å². The largest absolute Gasteiger partial charge is 0.509 e. The number of ether oxygens (including phenoxy) is 2. The summed E-state index contributed by atoms with van der Waals surface area (Å²) in [5.74, 6) is 0.259. The Morgan fingerprint density at radius 2 is 1.05 bits per heavy atom. The molecule has 2 aromatic heterocycles. The minimum Gasteiger partial charge on any atom is -0.509 e. The molecule has 5 aliphatic rings. The molecule has 2 heterocycles. The van der Waals surface area contributed by atoms with Gasteiger partial charge in [0.1, 0.15) is 23.9 Å². The number of aromatic nitrogens is 2. The fourth-order valence-electron chi connectivity index (χ4n) is 16.4. The van der Waals surface area contributed by atoms with Crippen molar-refractivity contribution in [2.75, 3.05) is 13.2 Å². The van der Waals surface area contributed by atoms with E-state index in [4.69, 9.17) is 9.47 Å². The summed E-state index contributed by atoms with van der Waals surface area (Å²) < 4.78 is 11.6. The number of ketones is 1. The Kier molecular flexibility index (Phi) is 20.9. The zero-order valence-electron chi connectivity index (χ0n) is 63.7. The molecule has 545 valence electrons. The van der Waals surface area contributed by atoms with Crippen molar-refractivity contribution in [3.05, 3.63) is 402 Å². The molecular weight excluding hydrogens is 1520 g/mol. The number of hydrogen-bond acceptors (Lipinski definition) is 6. The zero-order valence-corrected chi connectivity index (χ0v) is 66.1. The van der Waals surface area contributed by atoms with Crippen molar-refractivity contribution >= 4 is 82.6 Å². The van der Waals surface area contributed by atoms with Gasteiger partial charge in [0.15, 0.2) is 12.4 Å². The third kappa shape index (κ3) is 14.8. The number of aliphatic hydroxyl groups is 1. The number of aliphatic hydroxyl groups excluding tert-OH is 1. The molecule has 0 unspecified atom stereocenters. The van der Waals surface area contributed by atoms with Crippen molar-refractivity contribution in [1.82, 2.24) is 9.97 Å². The molecule has 7 heteroatoms. The van der Waals surface area contributed by atoms with Crippen LogP contribution in [0.5, 0.6) is 5.75 Å². The molecule has 6 nitrogen and oxygen atoms in total. The van der Waals surface area contributed by atoms with Gasteiger partial charge in [-0.25, -0.2) is 0 Å². The van der Waals surface area contributed by atoms with Crippen molar-refractivity contribution in [1.29, 1.82) is 0 Å². The summed E-state index contributed by atoms with van der Waals surface area (Å²) in [6, 6.07) is 78.7. The number of rotatable bonds is 17. The molecule has 0 bridgehead atoms. The fourth-order valence-corrected chi connectivity index (χ4v) is 16.4. The number of pyridine rings is 2. The van der Waals surface area contributed by atoms with Crippen LogP contribution in [0.25, 0.3) is 99.0 Å². The van der Waals surface area contributed by atoms with Crippen LogP contribution in [0.1, 0.15) is 129 Å². The molecule has 5 aliphatic carbocycles. The Morgan fingerprint density at radius 3 is 1.65 bits per heavy atom. The second-order valence-corrected chi connectivity index (χ2v) is 31.1. The predicted molar refractivity (Wildman–Crippen MR) is 456 cm³/mol. The van der Waals surface area contributed by atoms with E-state index >= 15 is 0 Å². The maximum Gasteiger partial charge on any atom is 0.196 e. The number of hydrogen-bond donors (Lipinski definition) is 1. The number of benzene rings is 10. The van der Waals surface area contributed by atoms with Crippen LogP contribution < -0.4 is 4.74 Å². The standard InChI is InChI=1S/C77H72O4.2C13H8N.Ir/c1-13-14-17-57-44-74(5,6)69-39-53(26-33-62(57)69)49(3)21-23-58-45-75(7,8)70-38-52(27-34-63(58)70)48(2)20-22-50(4)80-46-59(78)43-60(79)47-81-61-31-24-51(25-32-61)54-28-35-66-67-37-30-56(42-73(67)77(11,12)72(66)40-54)55-29-36-65-64-18-15-16-19-68(64)76(9,10)71(65)41-55;2*1-2-6-12-10(4-1)7-8-11-5-3-9-14-13(11)12;/h13-28,30-35,37-45,79H,1-4,29,36,46-47H2,5-12H3;2*1-5,7-9H;/q;2*-1;/b17-14-,22-20-,23-21-,60-43-;;;. The molecule has 0 aliphatic heterocycles. The van der Waals surface area contributed by atoms with Gasteiger partial charge in [0.05, 0.1) is 0 Å². The van der Waals surface area contributed by atoms with Gasteiger partial charge in [-0.2, -0.15) is 0 Å². The van der Waals surface area contributed by atoms with Crippen LogP contribution in [0.4, 0.5) is 0 Å². The SMILES string of the molecule is C=C/C=C\C1=CC(C)(C)c2cc(C(=C)/C=C\C3=CC(C)(C)c4cc(C(=C)/C=C\C(=C)OCC(=O)/C=C(\O)COc5ccc(-c6ccc7c(c6)C(C)(C)c6cc(C8=CC9=C(CC8)c8ccccc8C9(C)C)ccc6-7)cc5)ccc43)ccc21.[Ir].[c-]1cccc2ccc3cccnc3c12.[c-]1cccc2ccc3cccnc3c12. The average molecular weight is 1610 g/mol. The normalized spacial score (nSPS) is 15.6. The average Bonchev–Trinajstić information content (AvgIpc) is 1.57. The van der Waals surface area contributed by atoms with Crippen LogP contribution in [-0.4, -0.2) is 34.1 Å². The third-order valence-electron chi connectivity index (χ3n) is 22.2. The smallest absolute Gasteiger partial charge is 0.196 e. The molecule has 110 heavy (non-hydrogen) atoms. The van der Waals surface area contributed by atoms with E-state index < -0.39 is 5.78 Å². The summed E-state index contributed by atoms with van der Waals surface area (Å²) in [6.07, 6.45) is 27.7. The van der Waals surface area contributed by atoms with Crippen molar-refractivity contribution in [3.63, 3.8) is 0 Å². The Balaban J connectivity index is 0.000000285. The molecule has 0 fully saturated rings. The van der Waals surface area contributed by atoms with Crippen LogP contribution in [0.3, 0.4) is 0 Å². The molecule has 0 saturated carbocycles. The maximum atomic E-state index is 12.8. The van der Waals surface area contributed by atoms with E-state index in [0.29, 0.717) is 11.5 Å². The van der Waals surface area contributed by atoms with Gasteiger partial charge < -0.3 is 24.5 Å². The Hall–Kier alpha value is -11.9. The van der Waals surface area contributed by atoms with E-state index in [1.54, 1.807) is 6.08 Å². The summed E-state index contributed by atoms with van der Waals surface area (Å²) >= 11 is 0. The van der Waals surface area contributed by atoms with E-state index in [1.807, 2.05) is 91.3 Å². The molecule has 0 saturated heterocycles. The van der Waals surface area contributed by atoms with E-state index in [-0.39, 0.29) is 60.7 Å². The molecule has 0 atom stereocenters. The monoisotopic (exact) mass is 1610 g/mol. The van der Waals surface area contributed by atoms with E-state index in [2.05, 4.69) is 286 Å². The first-order valence-electron chi connectivity index (χ1n) is 37.4. The molecule has 17 rings (SSSR count). The van der Waals surface area contributed by atoms with Crippen LogP contribution in [-0.2, 0) is 51.3 Å². The van der Waals surface area contributed by atoms with Crippen molar-refractivity contribution in [3.8, 4) is 28.0 Å². The van der Waals surface area contributed by atoms with Gasteiger partial charge in [-0.1, -0.05) is 258 Å². The van der Waals surface area contributed by atoms with Gasteiger partial charge in [0, 0.05) is 60.2 Å². The van der Waals surface area contributed by atoms with E-state index in [1.165, 1.54) is 105 Å². The number of carbonyl (C=O) groups is 1. The van der Waals surface area contributed by atoms with E-state index in [0.717, 1.165) is 79.7 Å². The van der Waals surface area contributed by atoms with Gasteiger partial charge >= 0.3 is 0 Å². The van der Waals surface area contributed by atoms with Crippen LogP contribution in [0.15, 0.2) is 329 Å². The van der Waals surface area contributed by atoms with Gasteiger partial charge in [-0.05, 0) is 212 Å². The Bertz CT molecular complexity index is 5810. The Morgan fingerprint density at radius 1 is 0.509 bits per heavy atom. The summed E-state index contributed by atoms with van der Waals surface area (Å²) in [6.45, 7) is 34.5. The molecule has 12 aromatic rings. The predicted octanol–water partition coefficient (Wildman–Crippen LogP) is 25.5. The first kappa shape index (κ1) is 75.0. The van der Waals surface area contributed by atoms with Crippen LogP contribution in [0, 0.1) is 12.1 Å². The molecule has 1 N–H and O–H groups in total. The third-order valence-corrected chi connectivity index (χ3v) is 22.2. The minimum atomic E-state index is -0.416. The first-order chi connectivity index (χ1) is 52.5. The number of carbonyl (C=O) groups excluding carboxylic acids is 1. The molecule has 1 radical (unpaired) electrons. The second kappa shape index (κ2) is 30.7. The van der Waals surface area contributed by atoms with Crippen LogP contribution in [0.2, 0.25) is 0 Å². The number of fused-ring (bicyclic) bond motifs is 13. The first-order valence-corrected chi connectivity index (χ1v) is 37.4. The van der Waals surface area contributed by atoms with Gasteiger partial charge in [0.25, 0.3) is 0 Å². The fraction of sp³-hybridized carbons (Fsp3) is 0.155. The van der Waals surface area contributed by atoms with Crippen molar-refractivity contribution in [2.45, 2.75) is 89.9 Å². The van der Waals surface area contributed by atoms with E-state index in [9.17, 15) is 9.90 Å². The minimum absolute atomic E-state index is 0. The molecular formula is C103H88IrN2O4-2. The second-order valence-electron chi connectivity index (χ2n) is 31.1. The molecule has 10 aromatic carbocycles. The van der Waals surface area contributed by atoms with Gasteiger partial charge in [0.2, 0.25) is 0 Å². The zero-order chi connectivity index (χ0) is 75.9. The maximum absolute atomic E-state index is 12.8. The Labute approximate surface area is 660 Å². The van der Waals surface area contributed by atoms with Gasteiger partial charge in [-0.3, -0.25) is 4.79 Å². The summed E-state index contributed by atoms with van der Waals surface area (Å²) in [5.41, 5.74) is 28.8. The number of allylic oxidation sites excluding steroid dienone is 17. The summed E-state index contributed by atoms with van der Waals surface area (Å²) in [4.78, 5) is 21.6. The molecule has 0 spiro atoms. The quantitative estimate of drug-likeness (QED) is 0.0322. The van der Waals surface area contributed by atoms with Crippen molar-refractivity contribution < 1.29 is 39.5 Å². The molecule has 0 amide bonds. The number of nitrogens with zero attached hydrogens (tertiary/aromatic N) is 2. The van der Waals surface area contributed by atoms with Crippen molar-refractivity contribution in [2.24, 2.45) is 0 Å². The summed E-state index contributed by atoms with van der Waals surface area (Å²) in [7, 11) is 0. The van der Waals surface area contributed by atoms with Gasteiger partial charge in [-0.15, -0.1) is 70.1 Å². The summed E-state index contributed by atoms with van der Waals surface area (Å²) in [5, 5.41) is 17.6. The van der Waals surface area contributed by atoms with Crippen LogP contribution >= 0.6 is 0 Å².